The fourth-order valence-electron chi connectivity index (χ4n) is 4.17. The normalized spacial score (nSPS) is 17.6. The zero-order valence-electron chi connectivity index (χ0n) is 20.5. The topological polar surface area (TPSA) is 108 Å². The van der Waals surface area contributed by atoms with Crippen LogP contribution in [0.1, 0.15) is 38.8 Å². The predicted molar refractivity (Wildman–Crippen MR) is 132 cm³/mol. The molecule has 0 saturated carbocycles. The minimum absolute atomic E-state index is 0.0562. The number of nitrogens with one attached hydrogen (secondary N) is 1. The van der Waals surface area contributed by atoms with Crippen molar-refractivity contribution in [1.29, 1.82) is 0 Å². The van der Waals surface area contributed by atoms with Crippen molar-refractivity contribution in [2.45, 2.75) is 38.4 Å². The van der Waals surface area contributed by atoms with Crippen LogP contribution in [-0.2, 0) is 14.3 Å². The number of nitrogens with zero attached hydrogens (tertiary/aromatic N) is 4. The van der Waals surface area contributed by atoms with Crippen LogP contribution in [0.5, 0.6) is 11.5 Å². The van der Waals surface area contributed by atoms with Crippen molar-refractivity contribution >= 4 is 29.4 Å². The first-order chi connectivity index (χ1) is 16.9. The highest BCUT2D eigenvalue weighted by Gasteiger charge is 2.33. The van der Waals surface area contributed by atoms with E-state index >= 15 is 0 Å². The molecule has 1 fully saturated rings. The first-order valence-corrected chi connectivity index (χ1v) is 12.7. The molecule has 2 aliphatic heterocycles. The molecule has 2 aromatic rings. The van der Waals surface area contributed by atoms with E-state index in [1.165, 1.54) is 0 Å². The number of carbonyl (C=O) groups is 2. The Kier molecular flexibility index (Phi) is 7.97. The number of aromatic nitrogens is 3. The van der Waals surface area contributed by atoms with E-state index in [0.29, 0.717) is 54.5 Å². The highest BCUT2D eigenvalue weighted by atomic mass is 32.2. The number of methoxy groups -OCH3 is 1. The molecule has 35 heavy (non-hydrogen) atoms. The molecule has 1 N–H and O–H groups in total. The van der Waals surface area contributed by atoms with E-state index < -0.39 is 6.04 Å². The van der Waals surface area contributed by atoms with Crippen molar-refractivity contribution in [3.63, 3.8) is 0 Å². The number of Topliss-reactive ketones (excluding diaryl/α,β-unsaturated/α-hetero) is 1. The van der Waals surface area contributed by atoms with Crippen molar-refractivity contribution in [3.8, 4) is 11.5 Å². The molecule has 1 saturated heterocycles. The third-order valence-corrected chi connectivity index (χ3v) is 6.91. The number of anilines is 1. The van der Waals surface area contributed by atoms with Crippen LogP contribution in [-0.4, -0.2) is 77.1 Å². The summed E-state index contributed by atoms with van der Waals surface area (Å²) in [4.78, 5) is 31.5. The Hall–Kier alpha value is -3.05. The van der Waals surface area contributed by atoms with Gasteiger partial charge in [-0.15, -0.1) is 5.10 Å². The molecule has 1 aromatic carbocycles. The molecule has 188 valence electrons. The second kappa shape index (κ2) is 11.1. The molecule has 4 rings (SSSR count). The molecule has 11 heteroatoms. The first-order valence-electron chi connectivity index (χ1n) is 11.7. The monoisotopic (exact) mass is 501 g/mol. The van der Waals surface area contributed by atoms with Gasteiger partial charge in [0.1, 0.15) is 6.04 Å². The Morgan fingerprint density at radius 2 is 2.03 bits per heavy atom. The summed E-state index contributed by atoms with van der Waals surface area (Å²) in [7, 11) is 1.55. The smallest absolute Gasteiger partial charge is 0.260 e. The van der Waals surface area contributed by atoms with Crippen LogP contribution < -0.4 is 14.8 Å². The second-order valence-electron chi connectivity index (χ2n) is 8.33. The molecule has 1 aromatic heterocycles. The van der Waals surface area contributed by atoms with Gasteiger partial charge < -0.3 is 24.4 Å². The number of hydrogen-bond acceptors (Lipinski definition) is 9. The summed E-state index contributed by atoms with van der Waals surface area (Å²) in [6, 6.07) is 4.99. The zero-order valence-corrected chi connectivity index (χ0v) is 21.3. The van der Waals surface area contributed by atoms with Crippen LogP contribution in [0.3, 0.4) is 0 Å². The van der Waals surface area contributed by atoms with Crippen molar-refractivity contribution in [2.24, 2.45) is 0 Å². The number of amides is 1. The molecular weight excluding hydrogens is 470 g/mol. The molecule has 0 aliphatic carbocycles. The van der Waals surface area contributed by atoms with Gasteiger partial charge in [-0.3, -0.25) is 9.59 Å². The van der Waals surface area contributed by atoms with Crippen LogP contribution in [0, 0.1) is 0 Å². The maximum Gasteiger partial charge on any atom is 0.260 e. The number of thioether (sulfide) groups is 1. The number of ketones is 1. The number of rotatable bonds is 9. The first kappa shape index (κ1) is 25.1. The van der Waals surface area contributed by atoms with Crippen molar-refractivity contribution in [3.05, 3.63) is 35.0 Å². The van der Waals surface area contributed by atoms with Gasteiger partial charge in [-0.25, -0.2) is 4.68 Å². The summed E-state index contributed by atoms with van der Waals surface area (Å²) in [5.74, 6) is 2.27. The van der Waals surface area contributed by atoms with Gasteiger partial charge in [-0.2, -0.15) is 4.98 Å². The molecule has 0 bridgehead atoms. The minimum atomic E-state index is -0.467. The van der Waals surface area contributed by atoms with Crippen LogP contribution in [0.2, 0.25) is 0 Å². The number of carbonyl (C=O) groups excluding carboxylic acids is 2. The van der Waals surface area contributed by atoms with E-state index in [4.69, 9.17) is 14.2 Å². The number of benzene rings is 1. The molecule has 2 aliphatic rings. The summed E-state index contributed by atoms with van der Waals surface area (Å²) in [5.41, 5.74) is 2.15. The van der Waals surface area contributed by atoms with E-state index in [-0.39, 0.29) is 18.3 Å². The van der Waals surface area contributed by atoms with E-state index in [9.17, 15) is 9.59 Å². The second-order valence-corrected chi connectivity index (χ2v) is 9.39. The quantitative estimate of drug-likeness (QED) is 0.519. The highest BCUT2D eigenvalue weighted by molar-refractivity contribution is 7.99. The lowest BCUT2D eigenvalue weighted by Crippen LogP contribution is -2.43. The van der Waals surface area contributed by atoms with Gasteiger partial charge >= 0.3 is 0 Å². The summed E-state index contributed by atoms with van der Waals surface area (Å²) >= 11 is 1.58. The number of ether oxygens (including phenoxy) is 3. The Labute approximate surface area is 209 Å². The zero-order chi connectivity index (χ0) is 24.9. The van der Waals surface area contributed by atoms with Crippen LogP contribution >= 0.6 is 11.8 Å². The molecule has 1 atom stereocenters. The summed E-state index contributed by atoms with van der Waals surface area (Å²) in [5, 5.41) is 8.57. The van der Waals surface area contributed by atoms with Gasteiger partial charge in [0.25, 0.3) is 5.91 Å². The maximum absolute atomic E-state index is 12.7. The lowest BCUT2D eigenvalue weighted by molar-refractivity contribution is -0.137. The van der Waals surface area contributed by atoms with Gasteiger partial charge in [0.2, 0.25) is 11.1 Å². The third kappa shape index (κ3) is 5.46. The number of allylic oxidation sites excluding steroid dienone is 2. The van der Waals surface area contributed by atoms with Crippen molar-refractivity contribution in [2.75, 3.05) is 51.1 Å². The van der Waals surface area contributed by atoms with E-state index in [1.807, 2.05) is 19.1 Å². The van der Waals surface area contributed by atoms with Gasteiger partial charge in [0, 0.05) is 30.1 Å². The Morgan fingerprint density at radius 1 is 1.26 bits per heavy atom. The Bertz CT molecular complexity index is 1130. The van der Waals surface area contributed by atoms with Crippen molar-refractivity contribution in [1.82, 2.24) is 19.7 Å². The standard InChI is InChI=1S/C24H31N5O5S/c1-5-12-35-24-26-23-25-15(2)21(16(3)30)22(29(23)27-24)17-6-7-18(19(13-17)32-4)34-14-20(31)28-8-10-33-11-9-28/h6-7,13,22H,5,8-12,14H2,1-4H3,(H,25,26,27). The highest BCUT2D eigenvalue weighted by Crippen LogP contribution is 2.39. The molecule has 0 radical (unpaired) electrons. The Balaban J connectivity index is 1.61. The summed E-state index contributed by atoms with van der Waals surface area (Å²) in [6.07, 6.45) is 1.01. The van der Waals surface area contributed by atoms with Gasteiger partial charge in [-0.1, -0.05) is 24.8 Å². The van der Waals surface area contributed by atoms with Gasteiger partial charge in [0.05, 0.1) is 20.3 Å². The third-order valence-electron chi connectivity index (χ3n) is 5.87. The predicted octanol–water partition coefficient (Wildman–Crippen LogP) is 2.90. The van der Waals surface area contributed by atoms with Gasteiger partial charge in [0.15, 0.2) is 23.9 Å². The SMILES string of the molecule is CCCSc1nc2n(n1)C(c1ccc(OCC(=O)N3CCOCC3)c(OC)c1)C(C(C)=O)=C(C)N2. The number of hydrogen-bond donors (Lipinski definition) is 1. The summed E-state index contributed by atoms with van der Waals surface area (Å²) < 4.78 is 18.4. The number of fused-ring (bicyclic) bond motifs is 1. The molecular formula is C24H31N5O5S. The van der Waals surface area contributed by atoms with Gasteiger partial charge in [-0.05, 0) is 38.0 Å². The van der Waals surface area contributed by atoms with Crippen LogP contribution in [0.25, 0.3) is 0 Å². The van der Waals surface area contributed by atoms with Crippen LogP contribution in [0.4, 0.5) is 5.95 Å². The Morgan fingerprint density at radius 3 is 2.71 bits per heavy atom. The minimum Gasteiger partial charge on any atom is -0.493 e. The summed E-state index contributed by atoms with van der Waals surface area (Å²) in [6.45, 7) is 7.63. The largest absolute Gasteiger partial charge is 0.493 e. The van der Waals surface area contributed by atoms with E-state index in [2.05, 4.69) is 22.3 Å². The lowest BCUT2D eigenvalue weighted by Gasteiger charge is -2.28. The molecule has 1 amide bonds. The maximum atomic E-state index is 12.7. The molecule has 1 unspecified atom stereocenters. The number of morpholine rings is 1. The fraction of sp³-hybridized carbons (Fsp3) is 0.500. The average Bonchev–Trinajstić information content (AvgIpc) is 3.27. The molecule has 10 nitrogen and oxygen atoms in total. The molecule has 0 spiro atoms. The van der Waals surface area contributed by atoms with Crippen LogP contribution in [0.15, 0.2) is 34.6 Å². The lowest BCUT2D eigenvalue weighted by atomic mass is 9.93. The van der Waals surface area contributed by atoms with Crippen molar-refractivity contribution < 1.29 is 23.8 Å². The van der Waals surface area contributed by atoms with E-state index in [1.54, 1.807) is 41.4 Å². The fourth-order valence-corrected chi connectivity index (χ4v) is 4.85. The average molecular weight is 502 g/mol. The van der Waals surface area contributed by atoms with E-state index in [0.717, 1.165) is 23.4 Å². The molecule has 3 heterocycles.